The molecule has 0 aliphatic carbocycles. The Bertz CT molecular complexity index is 467. The fourth-order valence-corrected chi connectivity index (χ4v) is 2.77. The summed E-state index contributed by atoms with van der Waals surface area (Å²) >= 11 is 13.7. The monoisotopic (exact) mass is 287 g/mol. The van der Waals surface area contributed by atoms with Crippen molar-refractivity contribution in [2.45, 2.75) is 12.5 Å². The van der Waals surface area contributed by atoms with Crippen LogP contribution in [0.15, 0.2) is 24.4 Å². The molecule has 2 aromatic rings. The Morgan fingerprint density at radius 2 is 2.06 bits per heavy atom. The lowest BCUT2D eigenvalue weighted by atomic mass is 10.1. The Labute approximate surface area is 114 Å². The zero-order chi connectivity index (χ0) is 12.3. The van der Waals surface area contributed by atoms with Gasteiger partial charge in [0.1, 0.15) is 0 Å². The molecule has 17 heavy (non-hydrogen) atoms. The van der Waals surface area contributed by atoms with E-state index >= 15 is 0 Å². The SMILES string of the molecule is CNC(Cc1c(Cl)cccc1Cl)c1cnns1. The highest BCUT2D eigenvalue weighted by Crippen LogP contribution is 2.29. The van der Waals surface area contributed by atoms with Crippen LogP contribution in [0, 0.1) is 0 Å². The van der Waals surface area contributed by atoms with Gasteiger partial charge in [-0.2, -0.15) is 0 Å². The van der Waals surface area contributed by atoms with Crippen molar-refractivity contribution >= 4 is 34.7 Å². The van der Waals surface area contributed by atoms with E-state index < -0.39 is 0 Å². The Morgan fingerprint density at radius 3 is 2.59 bits per heavy atom. The molecular weight excluding hydrogens is 277 g/mol. The molecule has 6 heteroatoms. The first-order valence-electron chi connectivity index (χ1n) is 5.09. The predicted octanol–water partition coefficient (Wildman–Crippen LogP) is 3.35. The van der Waals surface area contributed by atoms with E-state index in [1.54, 1.807) is 6.20 Å². The van der Waals surface area contributed by atoms with Gasteiger partial charge in [0.2, 0.25) is 0 Å². The highest BCUT2D eigenvalue weighted by atomic mass is 35.5. The fraction of sp³-hybridized carbons (Fsp3) is 0.273. The van der Waals surface area contributed by atoms with E-state index in [9.17, 15) is 0 Å². The van der Waals surface area contributed by atoms with Gasteiger partial charge in [-0.15, -0.1) is 5.10 Å². The summed E-state index contributed by atoms with van der Waals surface area (Å²) in [5.41, 5.74) is 0.948. The Morgan fingerprint density at radius 1 is 1.35 bits per heavy atom. The standard InChI is InChI=1S/C11H11Cl2N3S/c1-14-10(11-6-15-16-17-11)5-7-8(12)3-2-4-9(7)13/h2-4,6,10,14H,5H2,1H3. The van der Waals surface area contributed by atoms with Gasteiger partial charge >= 0.3 is 0 Å². The molecule has 0 saturated carbocycles. The molecule has 0 amide bonds. The van der Waals surface area contributed by atoms with Crippen LogP contribution in [0.2, 0.25) is 10.0 Å². The van der Waals surface area contributed by atoms with E-state index in [-0.39, 0.29) is 6.04 Å². The second-order valence-electron chi connectivity index (χ2n) is 3.57. The van der Waals surface area contributed by atoms with Crippen molar-refractivity contribution in [2.75, 3.05) is 7.05 Å². The molecule has 0 spiro atoms. The maximum absolute atomic E-state index is 6.15. The number of hydrogen-bond donors (Lipinski definition) is 1. The van der Waals surface area contributed by atoms with Crippen LogP contribution in [0.1, 0.15) is 16.5 Å². The van der Waals surface area contributed by atoms with Crippen molar-refractivity contribution in [1.82, 2.24) is 14.9 Å². The Balaban J connectivity index is 2.25. The van der Waals surface area contributed by atoms with Crippen molar-refractivity contribution in [3.63, 3.8) is 0 Å². The van der Waals surface area contributed by atoms with Gasteiger partial charge < -0.3 is 5.32 Å². The molecule has 90 valence electrons. The van der Waals surface area contributed by atoms with Gasteiger partial charge in [-0.25, -0.2) is 0 Å². The molecule has 0 radical (unpaired) electrons. The quantitative estimate of drug-likeness (QED) is 0.937. The Kier molecular flexibility index (Phi) is 4.34. The molecule has 0 fully saturated rings. The fourth-order valence-electron chi connectivity index (χ4n) is 1.60. The van der Waals surface area contributed by atoms with Crippen LogP contribution in [-0.2, 0) is 6.42 Å². The maximum atomic E-state index is 6.15. The number of likely N-dealkylation sites (N-methyl/N-ethyl adjacent to an activating group) is 1. The number of nitrogens with zero attached hydrogens (tertiary/aromatic N) is 2. The molecule has 1 aromatic carbocycles. The van der Waals surface area contributed by atoms with E-state index in [4.69, 9.17) is 23.2 Å². The van der Waals surface area contributed by atoms with E-state index in [0.717, 1.165) is 16.9 Å². The molecule has 1 heterocycles. The molecule has 1 N–H and O–H groups in total. The summed E-state index contributed by atoms with van der Waals surface area (Å²) in [5.74, 6) is 0. The van der Waals surface area contributed by atoms with Crippen molar-refractivity contribution in [2.24, 2.45) is 0 Å². The first-order valence-corrected chi connectivity index (χ1v) is 6.62. The summed E-state index contributed by atoms with van der Waals surface area (Å²) in [6.45, 7) is 0. The second-order valence-corrected chi connectivity index (χ2v) is 5.20. The highest BCUT2D eigenvalue weighted by molar-refractivity contribution is 7.05. The maximum Gasteiger partial charge on any atom is 0.0669 e. The van der Waals surface area contributed by atoms with Gasteiger partial charge in [0.25, 0.3) is 0 Å². The molecular formula is C11H11Cl2N3S. The van der Waals surface area contributed by atoms with Crippen LogP contribution in [0.4, 0.5) is 0 Å². The van der Waals surface area contributed by atoms with E-state index in [1.165, 1.54) is 11.5 Å². The van der Waals surface area contributed by atoms with Gasteiger partial charge in [0.05, 0.1) is 11.1 Å². The number of hydrogen-bond acceptors (Lipinski definition) is 4. The molecule has 0 aliphatic rings. The summed E-state index contributed by atoms with van der Waals surface area (Å²) in [5, 5.41) is 8.44. The van der Waals surface area contributed by atoms with Crippen LogP contribution in [-0.4, -0.2) is 16.6 Å². The third-order valence-electron chi connectivity index (χ3n) is 2.54. The number of benzene rings is 1. The van der Waals surface area contributed by atoms with Crippen LogP contribution in [0.5, 0.6) is 0 Å². The van der Waals surface area contributed by atoms with E-state index in [1.807, 2.05) is 25.2 Å². The lowest BCUT2D eigenvalue weighted by Crippen LogP contribution is -2.18. The summed E-state index contributed by atoms with van der Waals surface area (Å²) < 4.78 is 3.86. The summed E-state index contributed by atoms with van der Waals surface area (Å²) in [4.78, 5) is 1.07. The molecule has 2 rings (SSSR count). The smallest absolute Gasteiger partial charge is 0.0669 e. The lowest BCUT2D eigenvalue weighted by molar-refractivity contribution is 0.601. The van der Waals surface area contributed by atoms with Crippen molar-refractivity contribution in [3.05, 3.63) is 44.9 Å². The minimum atomic E-state index is 0.132. The minimum absolute atomic E-state index is 0.132. The van der Waals surface area contributed by atoms with Crippen LogP contribution >= 0.6 is 34.7 Å². The zero-order valence-electron chi connectivity index (χ0n) is 9.15. The van der Waals surface area contributed by atoms with Crippen LogP contribution in [0.25, 0.3) is 0 Å². The van der Waals surface area contributed by atoms with Gasteiger partial charge in [0.15, 0.2) is 0 Å². The van der Waals surface area contributed by atoms with E-state index in [2.05, 4.69) is 14.9 Å². The van der Waals surface area contributed by atoms with Crippen molar-refractivity contribution in [3.8, 4) is 0 Å². The second kappa shape index (κ2) is 5.78. The Hall–Kier alpha value is -0.680. The van der Waals surface area contributed by atoms with E-state index in [0.29, 0.717) is 10.0 Å². The average Bonchev–Trinajstić information content (AvgIpc) is 2.82. The summed E-state index contributed by atoms with van der Waals surface area (Å²) in [6.07, 6.45) is 2.48. The summed E-state index contributed by atoms with van der Waals surface area (Å²) in [7, 11) is 1.90. The molecule has 0 aliphatic heterocycles. The molecule has 3 nitrogen and oxygen atoms in total. The number of nitrogens with one attached hydrogen (secondary N) is 1. The molecule has 1 unspecified atom stereocenters. The predicted molar refractivity (Wildman–Crippen MR) is 71.9 cm³/mol. The van der Waals surface area contributed by atoms with Gasteiger partial charge in [-0.05, 0) is 42.7 Å². The largest absolute Gasteiger partial charge is 0.312 e. The topological polar surface area (TPSA) is 37.8 Å². The number of halogens is 2. The molecule has 1 atom stereocenters. The zero-order valence-corrected chi connectivity index (χ0v) is 11.5. The third-order valence-corrected chi connectivity index (χ3v) is 4.03. The number of rotatable bonds is 4. The van der Waals surface area contributed by atoms with Crippen LogP contribution in [0.3, 0.4) is 0 Å². The first-order chi connectivity index (χ1) is 8.22. The van der Waals surface area contributed by atoms with Gasteiger partial charge in [0, 0.05) is 16.1 Å². The normalized spacial score (nSPS) is 12.6. The van der Waals surface area contributed by atoms with Crippen molar-refractivity contribution < 1.29 is 0 Å². The molecule has 0 saturated heterocycles. The molecule has 1 aromatic heterocycles. The average molecular weight is 288 g/mol. The van der Waals surface area contributed by atoms with Crippen molar-refractivity contribution in [1.29, 1.82) is 0 Å². The first kappa shape index (κ1) is 12.8. The number of aromatic nitrogens is 2. The van der Waals surface area contributed by atoms with Gasteiger partial charge in [-0.3, -0.25) is 0 Å². The van der Waals surface area contributed by atoms with Gasteiger partial charge in [-0.1, -0.05) is 33.8 Å². The van der Waals surface area contributed by atoms with Crippen LogP contribution < -0.4 is 5.32 Å². The molecule has 0 bridgehead atoms. The minimum Gasteiger partial charge on any atom is -0.312 e. The third kappa shape index (κ3) is 2.96. The summed E-state index contributed by atoms with van der Waals surface area (Å²) in [6, 6.07) is 5.67. The lowest BCUT2D eigenvalue weighted by Gasteiger charge is -2.15. The highest BCUT2D eigenvalue weighted by Gasteiger charge is 2.16.